The summed E-state index contributed by atoms with van der Waals surface area (Å²) >= 11 is 1.72. The van der Waals surface area contributed by atoms with Gasteiger partial charge >= 0.3 is 0 Å². The van der Waals surface area contributed by atoms with Gasteiger partial charge < -0.3 is 5.32 Å². The van der Waals surface area contributed by atoms with Gasteiger partial charge in [-0.2, -0.15) is 0 Å². The van der Waals surface area contributed by atoms with Gasteiger partial charge in [0, 0.05) is 11.4 Å². The van der Waals surface area contributed by atoms with Crippen molar-refractivity contribution in [2.75, 3.05) is 11.9 Å². The molecule has 0 unspecified atom stereocenters. The molecule has 0 bridgehead atoms. The number of hydrogen-bond acceptors (Lipinski definition) is 4. The molecule has 0 radical (unpaired) electrons. The summed E-state index contributed by atoms with van der Waals surface area (Å²) in [6.07, 6.45) is 5.36. The van der Waals surface area contributed by atoms with E-state index in [4.69, 9.17) is 0 Å². The molecule has 0 aliphatic rings. The lowest BCUT2D eigenvalue weighted by atomic mass is 10.2. The molecule has 0 fully saturated rings. The standard InChI is InChI=1S/C12H17N3S/c1-3-4-5-6-13-11-10-7-9(2)16-12(10)15-8-14-11/h7-8H,3-6H2,1-2H3,(H,13,14,15). The molecule has 0 saturated carbocycles. The molecule has 0 amide bonds. The van der Waals surface area contributed by atoms with Crippen molar-refractivity contribution in [1.29, 1.82) is 0 Å². The van der Waals surface area contributed by atoms with Crippen molar-refractivity contribution in [2.24, 2.45) is 0 Å². The quantitative estimate of drug-likeness (QED) is 0.805. The third-order valence-electron chi connectivity index (χ3n) is 2.53. The van der Waals surface area contributed by atoms with Gasteiger partial charge in [-0.1, -0.05) is 19.8 Å². The normalized spacial score (nSPS) is 10.9. The molecule has 4 heteroatoms. The first kappa shape index (κ1) is 11.3. The minimum absolute atomic E-state index is 0.977. The molecule has 1 N–H and O–H groups in total. The van der Waals surface area contributed by atoms with Crippen LogP contribution in [-0.2, 0) is 0 Å². The van der Waals surface area contributed by atoms with Crippen molar-refractivity contribution in [1.82, 2.24) is 9.97 Å². The molecule has 0 aliphatic carbocycles. The Kier molecular flexibility index (Phi) is 3.72. The molecule has 2 aromatic rings. The Morgan fingerprint density at radius 3 is 3.00 bits per heavy atom. The average Bonchev–Trinajstić information content (AvgIpc) is 2.65. The average molecular weight is 235 g/mol. The number of fused-ring (bicyclic) bond motifs is 1. The molecule has 0 saturated heterocycles. The highest BCUT2D eigenvalue weighted by molar-refractivity contribution is 7.18. The van der Waals surface area contributed by atoms with E-state index in [0.29, 0.717) is 0 Å². The maximum absolute atomic E-state index is 4.30. The van der Waals surface area contributed by atoms with Gasteiger partial charge in [0.2, 0.25) is 0 Å². The molecule has 86 valence electrons. The van der Waals surface area contributed by atoms with Gasteiger partial charge in [-0.15, -0.1) is 11.3 Å². The molecule has 0 aromatic carbocycles. The van der Waals surface area contributed by atoms with E-state index in [-0.39, 0.29) is 0 Å². The number of nitrogens with zero attached hydrogens (tertiary/aromatic N) is 2. The first-order valence-electron chi connectivity index (χ1n) is 5.76. The predicted octanol–water partition coefficient (Wildman–Crippen LogP) is 3.60. The van der Waals surface area contributed by atoms with Crippen molar-refractivity contribution in [3.8, 4) is 0 Å². The van der Waals surface area contributed by atoms with Crippen molar-refractivity contribution in [3.05, 3.63) is 17.3 Å². The second-order valence-corrected chi connectivity index (χ2v) is 5.17. The van der Waals surface area contributed by atoms with E-state index in [9.17, 15) is 0 Å². The van der Waals surface area contributed by atoms with Crippen molar-refractivity contribution in [2.45, 2.75) is 33.1 Å². The van der Waals surface area contributed by atoms with Crippen LogP contribution in [0.2, 0.25) is 0 Å². The Morgan fingerprint density at radius 2 is 2.19 bits per heavy atom. The molecular weight excluding hydrogens is 218 g/mol. The van der Waals surface area contributed by atoms with E-state index >= 15 is 0 Å². The molecule has 2 heterocycles. The van der Waals surface area contributed by atoms with Crippen LogP contribution in [0.15, 0.2) is 12.4 Å². The summed E-state index contributed by atoms with van der Waals surface area (Å²) in [4.78, 5) is 10.9. The number of anilines is 1. The SMILES string of the molecule is CCCCCNc1ncnc2sc(C)cc12. The zero-order valence-electron chi connectivity index (χ0n) is 9.79. The van der Waals surface area contributed by atoms with Crippen molar-refractivity contribution >= 4 is 27.4 Å². The minimum atomic E-state index is 0.977. The van der Waals surface area contributed by atoms with Crippen molar-refractivity contribution < 1.29 is 0 Å². The Morgan fingerprint density at radius 1 is 1.31 bits per heavy atom. The van der Waals surface area contributed by atoms with Gasteiger partial charge in [0.15, 0.2) is 0 Å². The number of aromatic nitrogens is 2. The Labute approximate surface area is 99.9 Å². The van der Waals surface area contributed by atoms with Gasteiger partial charge in [0.25, 0.3) is 0 Å². The van der Waals surface area contributed by atoms with E-state index in [1.807, 2.05) is 0 Å². The van der Waals surface area contributed by atoms with Crippen LogP contribution in [0.1, 0.15) is 31.1 Å². The van der Waals surface area contributed by atoms with E-state index in [1.54, 1.807) is 17.7 Å². The lowest BCUT2D eigenvalue weighted by molar-refractivity contribution is 0.742. The number of unbranched alkanes of at least 4 members (excludes halogenated alkanes) is 2. The fraction of sp³-hybridized carbons (Fsp3) is 0.500. The lowest BCUT2D eigenvalue weighted by Gasteiger charge is -2.05. The Balaban J connectivity index is 2.11. The largest absolute Gasteiger partial charge is 0.369 e. The number of rotatable bonds is 5. The second kappa shape index (κ2) is 5.25. The highest BCUT2D eigenvalue weighted by Crippen LogP contribution is 2.27. The Bertz CT molecular complexity index is 464. The Hall–Kier alpha value is -1.16. The zero-order valence-corrected chi connectivity index (χ0v) is 10.6. The van der Waals surface area contributed by atoms with Crippen LogP contribution in [-0.4, -0.2) is 16.5 Å². The molecule has 0 atom stereocenters. The smallest absolute Gasteiger partial charge is 0.138 e. The van der Waals surface area contributed by atoms with Crippen LogP contribution >= 0.6 is 11.3 Å². The fourth-order valence-electron chi connectivity index (χ4n) is 1.70. The maximum Gasteiger partial charge on any atom is 0.138 e. The summed E-state index contributed by atoms with van der Waals surface area (Å²) in [6.45, 7) is 5.31. The van der Waals surface area contributed by atoms with Crippen LogP contribution < -0.4 is 5.32 Å². The number of hydrogen-bond donors (Lipinski definition) is 1. The van der Waals surface area contributed by atoms with Crippen LogP contribution in [0.25, 0.3) is 10.2 Å². The van der Waals surface area contributed by atoms with Crippen LogP contribution in [0.3, 0.4) is 0 Å². The monoisotopic (exact) mass is 235 g/mol. The number of thiophene rings is 1. The summed E-state index contributed by atoms with van der Waals surface area (Å²) in [5.41, 5.74) is 0. The molecule has 0 spiro atoms. The third-order valence-corrected chi connectivity index (χ3v) is 3.48. The van der Waals surface area contributed by atoms with Gasteiger partial charge in [-0.25, -0.2) is 9.97 Å². The van der Waals surface area contributed by atoms with Gasteiger partial charge in [0.05, 0.1) is 5.39 Å². The fourth-order valence-corrected chi connectivity index (χ4v) is 2.55. The lowest BCUT2D eigenvalue weighted by Crippen LogP contribution is -2.03. The van der Waals surface area contributed by atoms with E-state index in [0.717, 1.165) is 22.6 Å². The third kappa shape index (κ3) is 2.50. The topological polar surface area (TPSA) is 37.8 Å². The van der Waals surface area contributed by atoms with Crippen LogP contribution in [0.4, 0.5) is 5.82 Å². The first-order chi connectivity index (χ1) is 7.81. The zero-order chi connectivity index (χ0) is 11.4. The maximum atomic E-state index is 4.30. The minimum Gasteiger partial charge on any atom is -0.369 e. The highest BCUT2D eigenvalue weighted by Gasteiger charge is 2.05. The van der Waals surface area contributed by atoms with E-state index in [2.05, 4.69) is 35.2 Å². The number of aryl methyl sites for hydroxylation is 1. The molecule has 2 rings (SSSR count). The first-order valence-corrected chi connectivity index (χ1v) is 6.58. The van der Waals surface area contributed by atoms with E-state index in [1.165, 1.54) is 24.1 Å². The van der Waals surface area contributed by atoms with E-state index < -0.39 is 0 Å². The summed E-state index contributed by atoms with van der Waals surface area (Å²) in [7, 11) is 0. The van der Waals surface area contributed by atoms with Gasteiger partial charge in [0.1, 0.15) is 17.0 Å². The van der Waals surface area contributed by atoms with Crippen molar-refractivity contribution in [3.63, 3.8) is 0 Å². The summed E-state index contributed by atoms with van der Waals surface area (Å²) in [6, 6.07) is 2.15. The summed E-state index contributed by atoms with van der Waals surface area (Å²) < 4.78 is 0. The predicted molar refractivity (Wildman–Crippen MR) is 70.2 cm³/mol. The number of nitrogens with one attached hydrogen (secondary N) is 1. The molecule has 16 heavy (non-hydrogen) atoms. The molecule has 0 aliphatic heterocycles. The highest BCUT2D eigenvalue weighted by atomic mass is 32.1. The molecular formula is C12H17N3S. The molecule has 2 aromatic heterocycles. The van der Waals surface area contributed by atoms with Crippen LogP contribution in [0.5, 0.6) is 0 Å². The second-order valence-electron chi connectivity index (χ2n) is 3.93. The molecule has 3 nitrogen and oxygen atoms in total. The van der Waals surface area contributed by atoms with Crippen LogP contribution in [0, 0.1) is 6.92 Å². The summed E-state index contributed by atoms with van der Waals surface area (Å²) in [5.74, 6) is 0.977. The van der Waals surface area contributed by atoms with Gasteiger partial charge in [-0.3, -0.25) is 0 Å². The summed E-state index contributed by atoms with van der Waals surface area (Å²) in [5, 5.41) is 4.55. The van der Waals surface area contributed by atoms with Gasteiger partial charge in [-0.05, 0) is 19.4 Å².